The maximum atomic E-state index is 12.3. The lowest BCUT2D eigenvalue weighted by Crippen LogP contribution is -2.26. The van der Waals surface area contributed by atoms with Crippen molar-refractivity contribution in [1.82, 2.24) is 9.71 Å². The van der Waals surface area contributed by atoms with Crippen LogP contribution in [0, 0.1) is 0 Å². The molecule has 0 spiro atoms. The first kappa shape index (κ1) is 17.9. The Balaban J connectivity index is 2.73. The maximum Gasteiger partial charge on any atom is 0.244 e. The molecular weight excluding hydrogens is 360 g/mol. The second-order valence-corrected chi connectivity index (χ2v) is 7.00. The number of nitrogens with zero attached hydrogens (tertiary/aromatic N) is 1. The van der Waals surface area contributed by atoms with Crippen molar-refractivity contribution in [3.63, 3.8) is 0 Å². The lowest BCUT2D eigenvalue weighted by Gasteiger charge is -2.11. The van der Waals surface area contributed by atoms with Gasteiger partial charge in [-0.25, -0.2) is 18.1 Å². The second kappa shape index (κ2) is 8.30. The molecule has 4 N–H and O–H groups in total. The number of unbranched alkanes of at least 4 members (excludes halogenated alkanes) is 1. The van der Waals surface area contributed by atoms with Gasteiger partial charge < -0.3 is 11.1 Å². The number of primary amides is 1. The van der Waals surface area contributed by atoms with E-state index in [1.54, 1.807) is 0 Å². The van der Waals surface area contributed by atoms with Crippen LogP contribution in [0.5, 0.6) is 0 Å². The summed E-state index contributed by atoms with van der Waals surface area (Å²) < 4.78 is 27.6. The van der Waals surface area contributed by atoms with E-state index >= 15 is 0 Å². The van der Waals surface area contributed by atoms with Gasteiger partial charge in [0.05, 0.1) is 0 Å². The minimum absolute atomic E-state index is 0.0913. The van der Waals surface area contributed by atoms with Gasteiger partial charge in [0.2, 0.25) is 15.9 Å². The third-order valence-corrected chi connectivity index (χ3v) is 4.50. The van der Waals surface area contributed by atoms with Crippen LogP contribution in [-0.2, 0) is 14.8 Å². The van der Waals surface area contributed by atoms with E-state index in [0.717, 1.165) is 0 Å². The molecule has 0 aliphatic carbocycles. The monoisotopic (exact) mass is 378 g/mol. The van der Waals surface area contributed by atoms with Crippen molar-refractivity contribution in [1.29, 1.82) is 0 Å². The number of rotatable bonds is 9. The van der Waals surface area contributed by atoms with Gasteiger partial charge in [0.15, 0.2) is 0 Å². The molecule has 1 heterocycles. The highest BCUT2D eigenvalue weighted by Gasteiger charge is 2.19. The summed E-state index contributed by atoms with van der Waals surface area (Å²) in [5.41, 5.74) is 5.02. The topological polar surface area (TPSA) is 114 Å². The highest BCUT2D eigenvalue weighted by Crippen LogP contribution is 2.22. The number of aromatic nitrogens is 1. The Labute approximate surface area is 132 Å². The van der Waals surface area contributed by atoms with E-state index in [2.05, 4.69) is 31.0 Å². The predicted molar refractivity (Wildman–Crippen MR) is 84.3 cm³/mol. The van der Waals surface area contributed by atoms with Crippen LogP contribution in [0.1, 0.15) is 26.2 Å². The smallest absolute Gasteiger partial charge is 0.244 e. The quantitative estimate of drug-likeness (QED) is 0.558. The second-order valence-electron chi connectivity index (χ2n) is 4.35. The molecule has 0 aromatic carbocycles. The van der Waals surface area contributed by atoms with Crippen LogP contribution in [0.25, 0.3) is 0 Å². The van der Waals surface area contributed by atoms with Crippen molar-refractivity contribution in [3.8, 4) is 0 Å². The van der Waals surface area contributed by atoms with Crippen LogP contribution in [0.4, 0.5) is 5.82 Å². The first-order valence-electron chi connectivity index (χ1n) is 6.54. The number of nitrogens with one attached hydrogen (secondary N) is 2. The molecule has 21 heavy (non-hydrogen) atoms. The summed E-state index contributed by atoms with van der Waals surface area (Å²) in [6.45, 7) is 2.67. The number of carbonyl (C=O) groups excluding carboxylic acids is 1. The van der Waals surface area contributed by atoms with Crippen molar-refractivity contribution in [2.45, 2.75) is 31.1 Å². The van der Waals surface area contributed by atoms with Crippen LogP contribution >= 0.6 is 15.9 Å². The summed E-state index contributed by atoms with van der Waals surface area (Å²) in [6, 6.07) is 1.50. The zero-order valence-electron chi connectivity index (χ0n) is 11.7. The lowest BCUT2D eigenvalue weighted by atomic mass is 10.2. The van der Waals surface area contributed by atoms with E-state index in [0.29, 0.717) is 29.7 Å². The zero-order chi connectivity index (χ0) is 15.9. The van der Waals surface area contributed by atoms with Gasteiger partial charge in [-0.2, -0.15) is 0 Å². The Morgan fingerprint density at radius 2 is 2.14 bits per heavy atom. The van der Waals surface area contributed by atoms with Crippen molar-refractivity contribution in [2.24, 2.45) is 5.73 Å². The largest absolute Gasteiger partial charge is 0.370 e. The number of nitrogens with two attached hydrogens (primary N) is 1. The summed E-state index contributed by atoms with van der Waals surface area (Å²) in [7, 11) is -3.66. The Kier molecular flexibility index (Phi) is 7.06. The highest BCUT2D eigenvalue weighted by atomic mass is 79.9. The van der Waals surface area contributed by atoms with Crippen molar-refractivity contribution in [3.05, 3.63) is 16.7 Å². The van der Waals surface area contributed by atoms with Crippen LogP contribution in [0.3, 0.4) is 0 Å². The summed E-state index contributed by atoms with van der Waals surface area (Å²) in [5, 5.41) is 2.91. The molecular formula is C12H19BrN4O3S. The molecule has 9 heteroatoms. The minimum Gasteiger partial charge on any atom is -0.370 e. The Hall–Kier alpha value is -1.19. The molecule has 0 saturated heterocycles. The van der Waals surface area contributed by atoms with E-state index in [4.69, 9.17) is 5.73 Å². The molecule has 1 aromatic heterocycles. The molecule has 0 unspecified atom stereocenters. The fourth-order valence-electron chi connectivity index (χ4n) is 1.63. The van der Waals surface area contributed by atoms with Crippen LogP contribution in [-0.4, -0.2) is 32.4 Å². The van der Waals surface area contributed by atoms with Crippen molar-refractivity contribution >= 4 is 37.7 Å². The summed E-state index contributed by atoms with van der Waals surface area (Å²) in [5.74, 6) is -0.0752. The van der Waals surface area contributed by atoms with E-state index < -0.39 is 10.0 Å². The normalized spacial score (nSPS) is 11.3. The van der Waals surface area contributed by atoms with E-state index in [1.807, 2.05) is 6.92 Å². The SMILES string of the molecule is CCNc1ncc(Br)cc1S(=O)(=O)NCCCCC(N)=O. The minimum atomic E-state index is -3.66. The molecule has 0 bridgehead atoms. The summed E-state index contributed by atoms with van der Waals surface area (Å²) in [4.78, 5) is 14.8. The summed E-state index contributed by atoms with van der Waals surface area (Å²) in [6.07, 6.45) is 2.88. The third kappa shape index (κ3) is 5.98. The molecule has 0 atom stereocenters. The summed E-state index contributed by atoms with van der Waals surface area (Å²) >= 11 is 3.21. The average molecular weight is 379 g/mol. The standard InChI is InChI=1S/C12H19BrN4O3S/c1-2-15-12-10(7-9(13)8-16-12)21(19,20)17-6-4-3-5-11(14)18/h7-8,17H,2-6H2,1H3,(H2,14,18)(H,15,16). The number of pyridine rings is 1. The number of halogens is 1. The van der Waals surface area contributed by atoms with Crippen LogP contribution in [0.15, 0.2) is 21.6 Å². The van der Waals surface area contributed by atoms with E-state index in [-0.39, 0.29) is 23.8 Å². The molecule has 0 aliphatic rings. The molecule has 7 nitrogen and oxygen atoms in total. The third-order valence-electron chi connectivity index (χ3n) is 2.60. The van der Waals surface area contributed by atoms with Gasteiger partial charge in [0.1, 0.15) is 10.7 Å². The zero-order valence-corrected chi connectivity index (χ0v) is 14.1. The molecule has 0 aliphatic heterocycles. The highest BCUT2D eigenvalue weighted by molar-refractivity contribution is 9.10. The van der Waals surface area contributed by atoms with Gasteiger partial charge >= 0.3 is 0 Å². The number of amides is 1. The van der Waals surface area contributed by atoms with Crippen molar-refractivity contribution in [2.75, 3.05) is 18.4 Å². The first-order valence-corrected chi connectivity index (χ1v) is 8.82. The van der Waals surface area contributed by atoms with Gasteiger partial charge in [0, 0.05) is 30.2 Å². The van der Waals surface area contributed by atoms with Gasteiger partial charge in [-0.05, 0) is 41.8 Å². The van der Waals surface area contributed by atoms with Crippen LogP contribution < -0.4 is 15.8 Å². The first-order chi connectivity index (χ1) is 9.86. The van der Waals surface area contributed by atoms with Gasteiger partial charge in [-0.3, -0.25) is 4.79 Å². The lowest BCUT2D eigenvalue weighted by molar-refractivity contribution is -0.118. The molecule has 118 valence electrons. The Morgan fingerprint density at radius 1 is 1.43 bits per heavy atom. The maximum absolute atomic E-state index is 12.3. The van der Waals surface area contributed by atoms with Gasteiger partial charge in [-0.15, -0.1) is 0 Å². The van der Waals surface area contributed by atoms with Gasteiger partial charge in [-0.1, -0.05) is 0 Å². The van der Waals surface area contributed by atoms with E-state index in [9.17, 15) is 13.2 Å². The number of hydrogen-bond acceptors (Lipinski definition) is 5. The molecule has 1 amide bonds. The van der Waals surface area contributed by atoms with Gasteiger partial charge in [0.25, 0.3) is 0 Å². The number of hydrogen-bond donors (Lipinski definition) is 3. The van der Waals surface area contributed by atoms with E-state index in [1.165, 1.54) is 12.3 Å². The van der Waals surface area contributed by atoms with Crippen LogP contribution in [0.2, 0.25) is 0 Å². The fraction of sp³-hybridized carbons (Fsp3) is 0.500. The van der Waals surface area contributed by atoms with Crippen molar-refractivity contribution < 1.29 is 13.2 Å². The number of sulfonamides is 1. The molecule has 1 aromatic rings. The average Bonchev–Trinajstić information content (AvgIpc) is 2.40. The Morgan fingerprint density at radius 3 is 2.76 bits per heavy atom. The Bertz CT molecular complexity index is 592. The predicted octanol–water partition coefficient (Wildman–Crippen LogP) is 1.21. The molecule has 0 saturated carbocycles. The fourth-order valence-corrected chi connectivity index (χ4v) is 3.35. The molecule has 1 rings (SSSR count). The number of carbonyl (C=O) groups is 1. The molecule has 0 fully saturated rings. The number of anilines is 1. The molecule has 0 radical (unpaired) electrons.